The summed E-state index contributed by atoms with van der Waals surface area (Å²) in [5.74, 6) is 0. The van der Waals surface area contributed by atoms with Gasteiger partial charge in [0.2, 0.25) is 0 Å². The molecule has 178 valence electrons. The Bertz CT molecular complexity index is 246. The third-order valence-electron chi connectivity index (χ3n) is 2.91. The number of nitrogens with two attached hydrogens (primary N) is 4. The molecule has 0 aromatic heterocycles. The van der Waals surface area contributed by atoms with Crippen LogP contribution in [0.1, 0.15) is 0 Å². The van der Waals surface area contributed by atoms with Crippen molar-refractivity contribution in [2.24, 2.45) is 22.9 Å². The Morgan fingerprint density at radius 2 is 0.379 bits per heavy atom. The van der Waals surface area contributed by atoms with Crippen LogP contribution in [0.15, 0.2) is 0 Å². The zero-order valence-corrected chi connectivity index (χ0v) is 17.9. The number of hydrogen-bond acceptors (Lipinski definition) is 11. The van der Waals surface area contributed by atoms with Crippen molar-refractivity contribution in [1.29, 1.82) is 0 Å². The third-order valence-corrected chi connectivity index (χ3v) is 2.91. The fourth-order valence-corrected chi connectivity index (χ4v) is 1.64. The first-order valence-corrected chi connectivity index (χ1v) is 10.2. The topological polar surface area (TPSA) is 169 Å². The van der Waals surface area contributed by atoms with E-state index < -0.39 is 0 Å². The van der Waals surface area contributed by atoms with Gasteiger partial charge in [0.15, 0.2) is 0 Å². The van der Waals surface area contributed by atoms with E-state index in [1.807, 2.05) is 0 Å². The molecule has 0 atom stereocenters. The Labute approximate surface area is 175 Å². The first-order chi connectivity index (χ1) is 14.3. The lowest BCUT2D eigenvalue weighted by molar-refractivity contribution is -0.000153. The van der Waals surface area contributed by atoms with Gasteiger partial charge in [-0.3, -0.25) is 0 Å². The summed E-state index contributed by atoms with van der Waals surface area (Å²) in [5, 5.41) is 0. The molecule has 0 rings (SSSR count). The second kappa shape index (κ2) is 32.2. The molecule has 0 aliphatic heterocycles. The first kappa shape index (κ1) is 30.8. The van der Waals surface area contributed by atoms with Crippen LogP contribution in [0.4, 0.5) is 0 Å². The van der Waals surface area contributed by atoms with Gasteiger partial charge in [-0.05, 0) is 0 Å². The van der Waals surface area contributed by atoms with Gasteiger partial charge in [-0.15, -0.1) is 0 Å². The minimum atomic E-state index is 0.548. The van der Waals surface area contributed by atoms with E-state index in [-0.39, 0.29) is 0 Å². The van der Waals surface area contributed by atoms with Gasteiger partial charge in [0, 0.05) is 26.2 Å². The molecule has 0 aliphatic carbocycles. The van der Waals surface area contributed by atoms with E-state index in [9.17, 15) is 0 Å². The standard InChI is InChI=1S/C10H24N2O4.C8H20N2O3/c11-1-3-13-5-7-15-9-10-16-8-6-14-4-2-12;9-1-3-11-5-7-13-8-6-12-4-2-10/h1-12H2;1-10H2. The van der Waals surface area contributed by atoms with Gasteiger partial charge >= 0.3 is 0 Å². The van der Waals surface area contributed by atoms with Crippen molar-refractivity contribution in [2.45, 2.75) is 0 Å². The van der Waals surface area contributed by atoms with Gasteiger partial charge in [-0.2, -0.15) is 0 Å². The summed E-state index contributed by atoms with van der Waals surface area (Å²) >= 11 is 0. The average molecular weight is 429 g/mol. The molecule has 0 amide bonds. The van der Waals surface area contributed by atoms with Crippen molar-refractivity contribution in [1.82, 2.24) is 0 Å². The van der Waals surface area contributed by atoms with Gasteiger partial charge < -0.3 is 56.1 Å². The highest BCUT2D eigenvalue weighted by Gasteiger charge is 1.92. The molecule has 0 aliphatic rings. The molecule has 0 aromatic rings. The molecule has 0 saturated carbocycles. The molecule has 0 unspecified atom stereocenters. The SMILES string of the molecule is NCCOCCOCCOCCN.NCCOCCOCCOCCOCCN. The van der Waals surface area contributed by atoms with E-state index in [0.29, 0.717) is 119 Å². The Kier molecular flexibility index (Phi) is 34.2. The Balaban J connectivity index is 0. The van der Waals surface area contributed by atoms with Crippen molar-refractivity contribution in [3.63, 3.8) is 0 Å². The maximum absolute atomic E-state index is 5.26. The van der Waals surface area contributed by atoms with Crippen molar-refractivity contribution >= 4 is 0 Å². The average Bonchev–Trinajstić information content (AvgIpc) is 2.74. The van der Waals surface area contributed by atoms with E-state index in [1.54, 1.807) is 0 Å². The molecule has 0 saturated heterocycles. The molecule has 0 radical (unpaired) electrons. The van der Waals surface area contributed by atoms with E-state index in [2.05, 4.69) is 0 Å². The van der Waals surface area contributed by atoms with E-state index in [0.717, 1.165) is 0 Å². The van der Waals surface area contributed by atoms with Crippen LogP contribution in [0.25, 0.3) is 0 Å². The van der Waals surface area contributed by atoms with Gasteiger partial charge in [0.25, 0.3) is 0 Å². The minimum absolute atomic E-state index is 0.548. The number of rotatable bonds is 23. The zero-order valence-electron chi connectivity index (χ0n) is 17.9. The van der Waals surface area contributed by atoms with Gasteiger partial charge in [0.05, 0.1) is 92.5 Å². The first-order valence-electron chi connectivity index (χ1n) is 10.2. The predicted molar refractivity (Wildman–Crippen MR) is 112 cm³/mol. The molecular formula is C18H44N4O7. The van der Waals surface area contributed by atoms with Crippen LogP contribution in [-0.2, 0) is 33.2 Å². The van der Waals surface area contributed by atoms with Crippen molar-refractivity contribution in [2.75, 3.05) is 119 Å². The highest BCUT2D eigenvalue weighted by molar-refractivity contribution is 4.37. The molecular weight excluding hydrogens is 384 g/mol. The number of ether oxygens (including phenoxy) is 7. The maximum atomic E-state index is 5.26. The Morgan fingerprint density at radius 1 is 0.241 bits per heavy atom. The summed E-state index contributed by atoms with van der Waals surface area (Å²) in [6.45, 7) is 10.4. The Hall–Kier alpha value is -0.440. The summed E-state index contributed by atoms with van der Waals surface area (Å²) in [5.41, 5.74) is 21.0. The normalized spacial score (nSPS) is 10.8. The Morgan fingerprint density at radius 3 is 0.517 bits per heavy atom. The highest BCUT2D eigenvalue weighted by atomic mass is 16.6. The van der Waals surface area contributed by atoms with Crippen LogP contribution < -0.4 is 22.9 Å². The van der Waals surface area contributed by atoms with E-state index in [4.69, 9.17) is 56.1 Å². The largest absolute Gasteiger partial charge is 0.378 e. The summed E-state index contributed by atoms with van der Waals surface area (Å²) in [7, 11) is 0. The molecule has 29 heavy (non-hydrogen) atoms. The summed E-state index contributed by atoms with van der Waals surface area (Å²) in [6, 6.07) is 0. The monoisotopic (exact) mass is 428 g/mol. The second-order valence-electron chi connectivity index (χ2n) is 5.44. The van der Waals surface area contributed by atoms with Crippen molar-refractivity contribution < 1.29 is 33.2 Å². The number of hydrogen-bond donors (Lipinski definition) is 4. The lowest BCUT2D eigenvalue weighted by Crippen LogP contribution is -2.15. The highest BCUT2D eigenvalue weighted by Crippen LogP contribution is 1.82. The zero-order chi connectivity index (χ0) is 21.7. The van der Waals surface area contributed by atoms with E-state index in [1.165, 1.54) is 0 Å². The van der Waals surface area contributed by atoms with Crippen LogP contribution >= 0.6 is 0 Å². The summed E-state index contributed by atoms with van der Waals surface area (Å²) in [4.78, 5) is 0. The molecule has 0 bridgehead atoms. The minimum Gasteiger partial charge on any atom is -0.378 e. The smallest absolute Gasteiger partial charge is 0.0701 e. The van der Waals surface area contributed by atoms with Crippen LogP contribution in [0, 0.1) is 0 Å². The molecule has 0 heterocycles. The van der Waals surface area contributed by atoms with Crippen LogP contribution in [0.5, 0.6) is 0 Å². The molecule has 8 N–H and O–H groups in total. The van der Waals surface area contributed by atoms with Crippen molar-refractivity contribution in [3.05, 3.63) is 0 Å². The maximum Gasteiger partial charge on any atom is 0.0701 e. The summed E-state index contributed by atoms with van der Waals surface area (Å²) in [6.07, 6.45) is 0. The third kappa shape index (κ3) is 35.4. The van der Waals surface area contributed by atoms with Gasteiger partial charge in [-0.25, -0.2) is 0 Å². The lowest BCUT2D eigenvalue weighted by Gasteiger charge is -2.06. The quantitative estimate of drug-likeness (QED) is 0.132. The van der Waals surface area contributed by atoms with E-state index >= 15 is 0 Å². The van der Waals surface area contributed by atoms with Crippen LogP contribution in [0.2, 0.25) is 0 Å². The molecule has 0 fully saturated rings. The van der Waals surface area contributed by atoms with Crippen LogP contribution in [0.3, 0.4) is 0 Å². The van der Waals surface area contributed by atoms with Crippen molar-refractivity contribution in [3.8, 4) is 0 Å². The molecule has 0 aromatic carbocycles. The van der Waals surface area contributed by atoms with Gasteiger partial charge in [-0.1, -0.05) is 0 Å². The van der Waals surface area contributed by atoms with Gasteiger partial charge in [0.1, 0.15) is 0 Å². The fraction of sp³-hybridized carbons (Fsp3) is 1.00. The molecule has 11 heteroatoms. The predicted octanol–water partition coefficient (Wildman–Crippen LogP) is -2.08. The molecule has 0 spiro atoms. The van der Waals surface area contributed by atoms with Crippen LogP contribution in [-0.4, -0.2) is 119 Å². The lowest BCUT2D eigenvalue weighted by atomic mass is 10.6. The fourth-order valence-electron chi connectivity index (χ4n) is 1.64. The second-order valence-corrected chi connectivity index (χ2v) is 5.44. The molecule has 11 nitrogen and oxygen atoms in total. The summed E-state index contributed by atoms with van der Waals surface area (Å²) < 4.78 is 36.2.